The van der Waals surface area contributed by atoms with E-state index in [9.17, 15) is 0 Å². The lowest BCUT2D eigenvalue weighted by Crippen LogP contribution is -2.39. The van der Waals surface area contributed by atoms with Gasteiger partial charge in [-0.15, -0.1) is 0 Å². The van der Waals surface area contributed by atoms with Crippen LogP contribution in [-0.4, -0.2) is 51.9 Å². The van der Waals surface area contributed by atoms with Crippen LogP contribution in [0.3, 0.4) is 0 Å². The Morgan fingerprint density at radius 1 is 1.38 bits per heavy atom. The summed E-state index contributed by atoms with van der Waals surface area (Å²) >= 11 is 3.55. The molecule has 0 saturated carbocycles. The molecular formula is C18H29BrN4O. The highest BCUT2D eigenvalue weighted by atomic mass is 79.9. The molecule has 0 radical (unpaired) electrons. The van der Waals surface area contributed by atoms with Gasteiger partial charge in [0.1, 0.15) is 0 Å². The zero-order chi connectivity index (χ0) is 17.2. The minimum atomic E-state index is 0.603. The molecule has 0 aliphatic carbocycles. The van der Waals surface area contributed by atoms with Gasteiger partial charge in [0.2, 0.25) is 0 Å². The molecule has 1 aromatic rings. The molecule has 0 amide bonds. The van der Waals surface area contributed by atoms with Crippen LogP contribution in [0.25, 0.3) is 0 Å². The molecule has 1 saturated heterocycles. The quantitative estimate of drug-likeness (QED) is 0.402. The van der Waals surface area contributed by atoms with Gasteiger partial charge in [0.15, 0.2) is 5.96 Å². The highest BCUT2D eigenvalue weighted by molar-refractivity contribution is 9.10. The van der Waals surface area contributed by atoms with Crippen molar-refractivity contribution >= 4 is 27.6 Å². The summed E-state index contributed by atoms with van der Waals surface area (Å²) < 4.78 is 6.49. The maximum absolute atomic E-state index is 5.36. The molecule has 1 atom stereocenters. The lowest BCUT2D eigenvalue weighted by atomic mass is 10.1. The third kappa shape index (κ3) is 6.32. The fraction of sp³-hybridized carbons (Fsp3) is 0.611. The van der Waals surface area contributed by atoms with Crippen LogP contribution in [0.4, 0.5) is 5.69 Å². The molecule has 1 aliphatic heterocycles. The number of ether oxygens (including phenoxy) is 1. The number of nitrogens with one attached hydrogen (secondary N) is 2. The molecule has 0 aromatic heterocycles. The molecule has 1 fully saturated rings. The van der Waals surface area contributed by atoms with Gasteiger partial charge in [-0.05, 0) is 44.4 Å². The van der Waals surface area contributed by atoms with Crippen LogP contribution in [0.5, 0.6) is 0 Å². The van der Waals surface area contributed by atoms with Crippen molar-refractivity contribution in [1.29, 1.82) is 0 Å². The first-order valence-corrected chi connectivity index (χ1v) is 9.62. The molecule has 134 valence electrons. The molecule has 2 rings (SSSR count). The van der Waals surface area contributed by atoms with Crippen LogP contribution in [0.15, 0.2) is 33.7 Å². The summed E-state index contributed by atoms with van der Waals surface area (Å²) in [7, 11) is 0. The van der Waals surface area contributed by atoms with Crippen molar-refractivity contribution in [3.05, 3.63) is 28.7 Å². The first kappa shape index (κ1) is 19.1. The second-order valence-corrected chi connectivity index (χ2v) is 6.84. The molecule has 1 aliphatic rings. The lowest BCUT2D eigenvalue weighted by Gasteiger charge is -2.18. The number of hydrogen-bond acceptors (Lipinski definition) is 3. The summed E-state index contributed by atoms with van der Waals surface area (Å²) in [4.78, 5) is 7.19. The Kier molecular flexibility index (Phi) is 8.39. The Morgan fingerprint density at radius 2 is 2.25 bits per heavy atom. The van der Waals surface area contributed by atoms with E-state index in [0.29, 0.717) is 12.5 Å². The second kappa shape index (κ2) is 10.6. The molecule has 24 heavy (non-hydrogen) atoms. The van der Waals surface area contributed by atoms with Gasteiger partial charge in [0.05, 0.1) is 6.61 Å². The van der Waals surface area contributed by atoms with Crippen LogP contribution in [0, 0.1) is 5.92 Å². The fourth-order valence-corrected chi connectivity index (χ4v) is 3.22. The SMILES string of the molecule is CCNC(=NCC1CCN(c2cccc(Br)c2)C1)NCCOCC. The summed E-state index contributed by atoms with van der Waals surface area (Å²) in [6.07, 6.45) is 1.19. The molecule has 1 unspecified atom stereocenters. The average Bonchev–Trinajstić information content (AvgIpc) is 3.05. The topological polar surface area (TPSA) is 48.9 Å². The number of anilines is 1. The zero-order valence-corrected chi connectivity index (χ0v) is 16.3. The van der Waals surface area contributed by atoms with E-state index in [-0.39, 0.29) is 0 Å². The van der Waals surface area contributed by atoms with Crippen molar-refractivity contribution in [3.8, 4) is 0 Å². The number of nitrogens with zero attached hydrogens (tertiary/aromatic N) is 2. The fourth-order valence-electron chi connectivity index (χ4n) is 2.84. The number of aliphatic imine (C=N–C) groups is 1. The number of benzene rings is 1. The molecule has 0 bridgehead atoms. The molecule has 5 nitrogen and oxygen atoms in total. The van der Waals surface area contributed by atoms with Crippen LogP contribution >= 0.6 is 15.9 Å². The van der Waals surface area contributed by atoms with Crippen molar-refractivity contribution in [2.45, 2.75) is 20.3 Å². The van der Waals surface area contributed by atoms with Gasteiger partial charge in [-0.2, -0.15) is 0 Å². The van der Waals surface area contributed by atoms with Gasteiger partial charge >= 0.3 is 0 Å². The highest BCUT2D eigenvalue weighted by Crippen LogP contribution is 2.26. The van der Waals surface area contributed by atoms with Gasteiger partial charge < -0.3 is 20.3 Å². The summed E-state index contributed by atoms with van der Waals surface area (Å²) in [6.45, 7) is 10.2. The number of hydrogen-bond donors (Lipinski definition) is 2. The van der Waals surface area contributed by atoms with E-state index >= 15 is 0 Å². The van der Waals surface area contributed by atoms with E-state index in [1.807, 2.05) is 6.92 Å². The minimum Gasteiger partial charge on any atom is -0.380 e. The van der Waals surface area contributed by atoms with Crippen molar-refractivity contribution < 1.29 is 4.74 Å². The van der Waals surface area contributed by atoms with Crippen molar-refractivity contribution in [3.63, 3.8) is 0 Å². The Bertz CT molecular complexity index is 523. The molecule has 2 N–H and O–H groups in total. The van der Waals surface area contributed by atoms with E-state index < -0.39 is 0 Å². The predicted octanol–water partition coefficient (Wildman–Crippen LogP) is 2.87. The zero-order valence-electron chi connectivity index (χ0n) is 14.7. The number of rotatable bonds is 8. The Hall–Kier alpha value is -1.27. The summed E-state index contributed by atoms with van der Waals surface area (Å²) in [5.41, 5.74) is 1.29. The smallest absolute Gasteiger partial charge is 0.191 e. The molecule has 1 aromatic carbocycles. The third-order valence-electron chi connectivity index (χ3n) is 4.05. The van der Waals surface area contributed by atoms with E-state index in [2.05, 4.69) is 62.7 Å². The van der Waals surface area contributed by atoms with Gasteiger partial charge in [-0.1, -0.05) is 22.0 Å². The van der Waals surface area contributed by atoms with Crippen LogP contribution in [0.2, 0.25) is 0 Å². The average molecular weight is 397 g/mol. The van der Waals surface area contributed by atoms with Crippen LogP contribution < -0.4 is 15.5 Å². The van der Waals surface area contributed by atoms with Gasteiger partial charge in [-0.25, -0.2) is 0 Å². The predicted molar refractivity (Wildman–Crippen MR) is 105 cm³/mol. The van der Waals surface area contributed by atoms with E-state index in [0.717, 1.165) is 49.8 Å². The molecule has 0 spiro atoms. The highest BCUT2D eigenvalue weighted by Gasteiger charge is 2.22. The first-order valence-electron chi connectivity index (χ1n) is 8.83. The molecular weight excluding hydrogens is 368 g/mol. The summed E-state index contributed by atoms with van der Waals surface area (Å²) in [6, 6.07) is 8.52. The largest absolute Gasteiger partial charge is 0.380 e. The maximum Gasteiger partial charge on any atom is 0.191 e. The van der Waals surface area contributed by atoms with Gasteiger partial charge in [-0.3, -0.25) is 4.99 Å². The Balaban J connectivity index is 1.81. The van der Waals surface area contributed by atoms with Crippen LogP contribution in [0.1, 0.15) is 20.3 Å². The van der Waals surface area contributed by atoms with E-state index in [4.69, 9.17) is 9.73 Å². The van der Waals surface area contributed by atoms with Gasteiger partial charge in [0.25, 0.3) is 0 Å². The minimum absolute atomic E-state index is 0.603. The summed E-state index contributed by atoms with van der Waals surface area (Å²) in [5, 5.41) is 6.62. The Morgan fingerprint density at radius 3 is 3.00 bits per heavy atom. The third-order valence-corrected chi connectivity index (χ3v) is 4.55. The molecule has 6 heteroatoms. The van der Waals surface area contributed by atoms with Crippen LogP contribution in [-0.2, 0) is 4.74 Å². The number of guanidine groups is 1. The van der Waals surface area contributed by atoms with Crippen molar-refractivity contribution in [2.75, 3.05) is 50.8 Å². The van der Waals surface area contributed by atoms with Crippen molar-refractivity contribution in [2.24, 2.45) is 10.9 Å². The number of halogens is 1. The standard InChI is InChI=1S/C18H29BrN4O/c1-3-20-18(21-9-11-24-4-2)22-13-15-8-10-23(14-15)17-7-5-6-16(19)12-17/h5-7,12,15H,3-4,8-11,13-14H2,1-2H3,(H2,20,21,22). The second-order valence-electron chi connectivity index (χ2n) is 5.92. The van der Waals surface area contributed by atoms with E-state index in [1.165, 1.54) is 12.1 Å². The van der Waals surface area contributed by atoms with Crippen molar-refractivity contribution in [1.82, 2.24) is 10.6 Å². The Labute approximate surface area is 154 Å². The van der Waals surface area contributed by atoms with E-state index in [1.54, 1.807) is 0 Å². The molecule has 1 heterocycles. The van der Waals surface area contributed by atoms with Gasteiger partial charge in [0, 0.05) is 49.5 Å². The first-order chi connectivity index (χ1) is 11.7. The monoisotopic (exact) mass is 396 g/mol. The maximum atomic E-state index is 5.36. The normalized spacial score (nSPS) is 18.0. The summed E-state index contributed by atoms with van der Waals surface area (Å²) in [5.74, 6) is 1.49. The lowest BCUT2D eigenvalue weighted by molar-refractivity contribution is 0.152.